The lowest BCUT2D eigenvalue weighted by molar-refractivity contribution is -0.184. The van der Waals surface area contributed by atoms with E-state index in [1.807, 2.05) is 0 Å². The molecule has 1 fully saturated rings. The highest BCUT2D eigenvalue weighted by atomic mass is 79.9. The number of amides is 1. The van der Waals surface area contributed by atoms with Crippen LogP contribution >= 0.6 is 27.5 Å². The van der Waals surface area contributed by atoms with E-state index < -0.39 is 18.0 Å². The number of rotatable bonds is 2. The lowest BCUT2D eigenvalue weighted by atomic mass is 9.97. The van der Waals surface area contributed by atoms with Gasteiger partial charge < -0.3 is 9.64 Å². The van der Waals surface area contributed by atoms with Crippen LogP contribution in [0.5, 0.6) is 5.75 Å². The molecule has 1 unspecified atom stereocenters. The topological polar surface area (TPSA) is 29.5 Å². The van der Waals surface area contributed by atoms with Crippen LogP contribution in [0.25, 0.3) is 0 Å². The molecule has 0 saturated carbocycles. The lowest BCUT2D eigenvalue weighted by Crippen LogP contribution is -2.44. The van der Waals surface area contributed by atoms with E-state index >= 15 is 0 Å². The highest BCUT2D eigenvalue weighted by molar-refractivity contribution is 9.10. The highest BCUT2D eigenvalue weighted by Crippen LogP contribution is 2.36. The van der Waals surface area contributed by atoms with E-state index in [4.69, 9.17) is 16.3 Å². The quantitative estimate of drug-likeness (QED) is 0.730. The zero-order valence-electron chi connectivity index (χ0n) is 11.7. The number of halogens is 5. The molecular formula is C14H14BrClF3NO2. The van der Waals surface area contributed by atoms with E-state index in [-0.39, 0.29) is 23.6 Å². The Morgan fingerprint density at radius 3 is 2.68 bits per heavy atom. The van der Waals surface area contributed by atoms with Crippen molar-refractivity contribution in [2.75, 3.05) is 20.2 Å². The van der Waals surface area contributed by atoms with Crippen molar-refractivity contribution < 1.29 is 22.7 Å². The summed E-state index contributed by atoms with van der Waals surface area (Å²) in [5.74, 6) is -1.55. The molecule has 22 heavy (non-hydrogen) atoms. The minimum atomic E-state index is -4.28. The predicted molar refractivity (Wildman–Crippen MR) is 80.4 cm³/mol. The second-order valence-electron chi connectivity index (χ2n) is 5.11. The van der Waals surface area contributed by atoms with Gasteiger partial charge in [0.05, 0.1) is 22.5 Å². The number of methoxy groups -OCH3 is 1. The molecule has 1 saturated heterocycles. The van der Waals surface area contributed by atoms with Gasteiger partial charge in [0.25, 0.3) is 5.91 Å². The van der Waals surface area contributed by atoms with Crippen LogP contribution in [0.2, 0.25) is 5.02 Å². The largest absolute Gasteiger partial charge is 0.494 e. The molecule has 0 bridgehead atoms. The maximum absolute atomic E-state index is 12.8. The molecule has 0 aliphatic carbocycles. The Balaban J connectivity index is 2.21. The molecule has 2 rings (SSSR count). The molecular weight excluding hydrogens is 387 g/mol. The minimum Gasteiger partial charge on any atom is -0.494 e. The zero-order chi connectivity index (χ0) is 16.5. The maximum Gasteiger partial charge on any atom is 0.393 e. The first-order valence-corrected chi connectivity index (χ1v) is 7.80. The smallest absolute Gasteiger partial charge is 0.393 e. The van der Waals surface area contributed by atoms with Crippen molar-refractivity contribution in [2.45, 2.75) is 19.0 Å². The molecule has 1 aliphatic rings. The fraction of sp³-hybridized carbons (Fsp3) is 0.500. The van der Waals surface area contributed by atoms with Crippen molar-refractivity contribution in [3.05, 3.63) is 27.2 Å². The summed E-state index contributed by atoms with van der Waals surface area (Å²) in [5.41, 5.74) is 0.237. The van der Waals surface area contributed by atoms with Gasteiger partial charge in [0.1, 0.15) is 0 Å². The molecule has 122 valence electrons. The van der Waals surface area contributed by atoms with E-state index in [9.17, 15) is 18.0 Å². The van der Waals surface area contributed by atoms with Crippen LogP contribution in [0.1, 0.15) is 23.2 Å². The normalized spacial score (nSPS) is 19.2. The van der Waals surface area contributed by atoms with Gasteiger partial charge in [-0.2, -0.15) is 13.2 Å². The van der Waals surface area contributed by atoms with Crippen molar-refractivity contribution in [2.24, 2.45) is 5.92 Å². The number of nitrogens with zero attached hydrogens (tertiary/aromatic N) is 1. The van der Waals surface area contributed by atoms with E-state index in [1.54, 1.807) is 0 Å². The van der Waals surface area contributed by atoms with Crippen molar-refractivity contribution >= 4 is 33.4 Å². The van der Waals surface area contributed by atoms with Crippen LogP contribution in [-0.2, 0) is 0 Å². The molecule has 3 nitrogen and oxygen atoms in total. The monoisotopic (exact) mass is 399 g/mol. The number of hydrogen-bond acceptors (Lipinski definition) is 2. The van der Waals surface area contributed by atoms with Crippen molar-refractivity contribution in [1.29, 1.82) is 0 Å². The van der Waals surface area contributed by atoms with Crippen molar-refractivity contribution in [3.63, 3.8) is 0 Å². The molecule has 0 aromatic heterocycles. The fourth-order valence-electron chi connectivity index (χ4n) is 2.49. The fourth-order valence-corrected chi connectivity index (χ4v) is 3.52. The molecule has 1 aliphatic heterocycles. The van der Waals surface area contributed by atoms with Gasteiger partial charge >= 0.3 is 6.18 Å². The molecule has 1 amide bonds. The summed E-state index contributed by atoms with van der Waals surface area (Å²) in [6.07, 6.45) is -3.89. The third-order valence-electron chi connectivity index (χ3n) is 3.62. The Hall–Kier alpha value is -0.950. The van der Waals surface area contributed by atoms with Crippen LogP contribution < -0.4 is 4.74 Å². The molecule has 1 aromatic carbocycles. The summed E-state index contributed by atoms with van der Waals surface area (Å²) in [7, 11) is 1.44. The van der Waals surface area contributed by atoms with E-state index in [2.05, 4.69) is 15.9 Å². The zero-order valence-corrected chi connectivity index (χ0v) is 14.1. The number of alkyl halides is 3. The number of piperidine rings is 1. The van der Waals surface area contributed by atoms with E-state index in [1.165, 1.54) is 24.1 Å². The Labute approximate surface area is 139 Å². The van der Waals surface area contributed by atoms with E-state index in [0.717, 1.165) is 0 Å². The standard InChI is InChI=1S/C14H14BrClF3NO2/c1-22-12-10(15)5-8(6-11(12)16)13(21)20-4-2-3-9(7-20)14(17,18)19/h5-6,9H,2-4,7H2,1H3. The van der Waals surface area contributed by atoms with Gasteiger partial charge in [0.15, 0.2) is 5.75 Å². The third-order valence-corrected chi connectivity index (χ3v) is 4.49. The Morgan fingerprint density at radius 2 is 2.14 bits per heavy atom. The Bertz CT molecular complexity index is 557. The summed E-state index contributed by atoms with van der Waals surface area (Å²) in [6, 6.07) is 2.91. The number of carbonyl (C=O) groups excluding carboxylic acids is 1. The Kier molecular flexibility index (Phi) is 5.27. The molecule has 1 heterocycles. The van der Waals surface area contributed by atoms with Gasteiger partial charge in [-0.15, -0.1) is 0 Å². The number of hydrogen-bond donors (Lipinski definition) is 0. The summed E-state index contributed by atoms with van der Waals surface area (Å²) < 4.78 is 44.0. The van der Waals surface area contributed by atoms with E-state index in [0.29, 0.717) is 23.2 Å². The average Bonchev–Trinajstić information content (AvgIpc) is 2.45. The number of likely N-dealkylation sites (tertiary alicyclic amines) is 1. The molecule has 0 N–H and O–H groups in total. The first kappa shape index (κ1) is 17.4. The first-order valence-electron chi connectivity index (χ1n) is 6.63. The van der Waals surface area contributed by atoms with Gasteiger partial charge in [-0.05, 0) is 40.9 Å². The summed E-state index contributed by atoms with van der Waals surface area (Å²) in [5, 5.41) is 0.226. The SMILES string of the molecule is COc1c(Cl)cc(C(=O)N2CCCC(C(F)(F)F)C2)cc1Br. The molecule has 1 atom stereocenters. The molecule has 0 radical (unpaired) electrons. The number of benzene rings is 1. The van der Waals surface area contributed by atoms with Crippen LogP contribution in [0.4, 0.5) is 13.2 Å². The van der Waals surface area contributed by atoms with Gasteiger partial charge in [0, 0.05) is 18.7 Å². The van der Waals surface area contributed by atoms with Crippen LogP contribution in [0.3, 0.4) is 0 Å². The van der Waals surface area contributed by atoms with Crippen LogP contribution in [-0.4, -0.2) is 37.2 Å². The Morgan fingerprint density at radius 1 is 1.45 bits per heavy atom. The minimum absolute atomic E-state index is 0.0559. The molecule has 1 aromatic rings. The second kappa shape index (κ2) is 6.66. The molecule has 8 heteroatoms. The third kappa shape index (κ3) is 3.68. The van der Waals surface area contributed by atoms with Gasteiger partial charge in [-0.1, -0.05) is 11.6 Å². The van der Waals surface area contributed by atoms with Crippen molar-refractivity contribution in [3.8, 4) is 5.75 Å². The predicted octanol–water partition coefficient (Wildman–Crippen LogP) is 4.53. The van der Waals surface area contributed by atoms with Crippen LogP contribution in [0, 0.1) is 5.92 Å². The van der Waals surface area contributed by atoms with Gasteiger partial charge in [-0.3, -0.25) is 4.79 Å². The van der Waals surface area contributed by atoms with Gasteiger partial charge in [0.2, 0.25) is 0 Å². The first-order chi connectivity index (χ1) is 10.2. The lowest BCUT2D eigenvalue weighted by Gasteiger charge is -2.33. The summed E-state index contributed by atoms with van der Waals surface area (Å²) in [6.45, 7) is -0.00369. The number of carbonyl (C=O) groups is 1. The van der Waals surface area contributed by atoms with Crippen molar-refractivity contribution in [1.82, 2.24) is 4.90 Å². The highest BCUT2D eigenvalue weighted by Gasteiger charge is 2.42. The number of ether oxygens (including phenoxy) is 1. The average molecular weight is 401 g/mol. The summed E-state index contributed by atoms with van der Waals surface area (Å²) in [4.78, 5) is 13.6. The summed E-state index contributed by atoms with van der Waals surface area (Å²) >= 11 is 9.25. The maximum atomic E-state index is 12.8. The van der Waals surface area contributed by atoms with Gasteiger partial charge in [-0.25, -0.2) is 0 Å². The molecule has 0 spiro atoms. The second-order valence-corrected chi connectivity index (χ2v) is 6.37. The van der Waals surface area contributed by atoms with Crippen LogP contribution in [0.15, 0.2) is 16.6 Å².